The van der Waals surface area contributed by atoms with Crippen LogP contribution in [0.4, 0.5) is 5.82 Å². The Bertz CT molecular complexity index is 716. The highest BCUT2D eigenvalue weighted by Gasteiger charge is 2.13. The molecule has 1 atom stereocenters. The molecule has 0 spiro atoms. The Hall–Kier alpha value is -1.88. The SMILES string of the molecule is Cc1ccc(C(C)Nc2ncnc3sc(C)cc23)o1. The Balaban J connectivity index is 1.92. The number of nitrogens with one attached hydrogen (secondary N) is 1. The van der Waals surface area contributed by atoms with Crippen LogP contribution in [0.5, 0.6) is 0 Å². The molecule has 0 saturated carbocycles. The first-order chi connectivity index (χ1) is 9.13. The molecule has 0 radical (unpaired) electrons. The molecule has 5 heteroatoms. The van der Waals surface area contributed by atoms with E-state index in [2.05, 4.69) is 35.2 Å². The minimum atomic E-state index is 0.0759. The third kappa shape index (κ3) is 2.33. The topological polar surface area (TPSA) is 51.0 Å². The lowest BCUT2D eigenvalue weighted by molar-refractivity contribution is 0.466. The van der Waals surface area contributed by atoms with E-state index in [1.54, 1.807) is 17.7 Å². The molecule has 4 nitrogen and oxygen atoms in total. The summed E-state index contributed by atoms with van der Waals surface area (Å²) in [6, 6.07) is 6.15. The average Bonchev–Trinajstić information content (AvgIpc) is 2.95. The number of aromatic nitrogens is 2. The number of hydrogen-bond acceptors (Lipinski definition) is 5. The molecule has 3 rings (SSSR count). The predicted molar refractivity (Wildman–Crippen MR) is 77.6 cm³/mol. The van der Waals surface area contributed by atoms with E-state index in [0.717, 1.165) is 27.6 Å². The molecule has 3 heterocycles. The second-order valence-electron chi connectivity index (χ2n) is 4.61. The summed E-state index contributed by atoms with van der Waals surface area (Å²) in [6.07, 6.45) is 1.60. The van der Waals surface area contributed by atoms with Gasteiger partial charge in [-0.25, -0.2) is 9.97 Å². The molecule has 3 aromatic rings. The van der Waals surface area contributed by atoms with Gasteiger partial charge in [0.25, 0.3) is 0 Å². The molecule has 0 bridgehead atoms. The van der Waals surface area contributed by atoms with Crippen molar-refractivity contribution in [2.75, 3.05) is 5.32 Å². The molecular formula is C14H15N3OS. The predicted octanol–water partition coefficient (Wildman–Crippen LogP) is 4.07. The summed E-state index contributed by atoms with van der Waals surface area (Å²) in [5.41, 5.74) is 0. The Morgan fingerprint density at radius 1 is 1.26 bits per heavy atom. The molecule has 1 unspecified atom stereocenters. The fraction of sp³-hybridized carbons (Fsp3) is 0.286. The smallest absolute Gasteiger partial charge is 0.138 e. The number of rotatable bonds is 3. The second-order valence-corrected chi connectivity index (χ2v) is 5.85. The van der Waals surface area contributed by atoms with Crippen LogP contribution in [0.3, 0.4) is 0 Å². The van der Waals surface area contributed by atoms with Gasteiger partial charge in [-0.1, -0.05) is 0 Å². The van der Waals surface area contributed by atoms with Crippen molar-refractivity contribution in [2.24, 2.45) is 0 Å². The Morgan fingerprint density at radius 2 is 2.11 bits per heavy atom. The summed E-state index contributed by atoms with van der Waals surface area (Å²) in [5.74, 6) is 2.69. The van der Waals surface area contributed by atoms with Crippen molar-refractivity contribution >= 4 is 27.4 Å². The van der Waals surface area contributed by atoms with Crippen LogP contribution in [-0.4, -0.2) is 9.97 Å². The first-order valence-corrected chi connectivity index (χ1v) is 6.99. The van der Waals surface area contributed by atoms with Gasteiger partial charge in [0.1, 0.15) is 28.5 Å². The standard InChI is InChI=1S/C14H15N3OS/c1-8-4-5-12(18-8)10(3)17-13-11-6-9(2)19-14(11)16-7-15-13/h4-7,10H,1-3H3,(H,15,16,17). The maximum atomic E-state index is 5.63. The van der Waals surface area contributed by atoms with Gasteiger partial charge in [-0.15, -0.1) is 11.3 Å². The lowest BCUT2D eigenvalue weighted by Crippen LogP contribution is -2.07. The van der Waals surface area contributed by atoms with Gasteiger partial charge >= 0.3 is 0 Å². The van der Waals surface area contributed by atoms with Crippen molar-refractivity contribution in [3.63, 3.8) is 0 Å². The van der Waals surface area contributed by atoms with Crippen molar-refractivity contribution in [3.05, 3.63) is 40.9 Å². The first-order valence-electron chi connectivity index (χ1n) is 6.17. The van der Waals surface area contributed by atoms with Crippen molar-refractivity contribution in [2.45, 2.75) is 26.8 Å². The fourth-order valence-corrected chi connectivity index (χ4v) is 2.90. The molecular weight excluding hydrogens is 258 g/mol. The molecule has 0 saturated heterocycles. The number of anilines is 1. The van der Waals surface area contributed by atoms with Crippen LogP contribution in [0, 0.1) is 13.8 Å². The van der Waals surface area contributed by atoms with E-state index >= 15 is 0 Å². The number of aryl methyl sites for hydroxylation is 2. The molecule has 0 aromatic carbocycles. The van der Waals surface area contributed by atoms with Gasteiger partial charge in [-0.05, 0) is 39.0 Å². The van der Waals surface area contributed by atoms with E-state index in [-0.39, 0.29) is 6.04 Å². The lowest BCUT2D eigenvalue weighted by atomic mass is 10.2. The van der Waals surface area contributed by atoms with Crippen LogP contribution < -0.4 is 5.32 Å². The van der Waals surface area contributed by atoms with E-state index in [4.69, 9.17) is 4.42 Å². The number of furan rings is 1. The summed E-state index contributed by atoms with van der Waals surface area (Å²) in [7, 11) is 0. The van der Waals surface area contributed by atoms with E-state index in [9.17, 15) is 0 Å². The summed E-state index contributed by atoms with van der Waals surface area (Å²) < 4.78 is 5.63. The fourth-order valence-electron chi connectivity index (χ4n) is 2.05. The van der Waals surface area contributed by atoms with Gasteiger partial charge in [0.05, 0.1) is 11.4 Å². The zero-order valence-electron chi connectivity index (χ0n) is 11.1. The van der Waals surface area contributed by atoms with Gasteiger partial charge < -0.3 is 9.73 Å². The van der Waals surface area contributed by atoms with E-state index in [1.807, 2.05) is 19.1 Å². The van der Waals surface area contributed by atoms with Crippen LogP contribution in [0.1, 0.15) is 29.4 Å². The summed E-state index contributed by atoms with van der Waals surface area (Å²) in [6.45, 7) is 6.09. The Kier molecular flexibility index (Phi) is 2.98. The van der Waals surface area contributed by atoms with Crippen LogP contribution >= 0.6 is 11.3 Å². The third-order valence-corrected chi connectivity index (χ3v) is 3.95. The molecule has 0 fully saturated rings. The van der Waals surface area contributed by atoms with Crippen molar-refractivity contribution in [3.8, 4) is 0 Å². The average molecular weight is 273 g/mol. The molecule has 1 N–H and O–H groups in total. The molecule has 0 aliphatic heterocycles. The van der Waals surface area contributed by atoms with Gasteiger partial charge in [0, 0.05) is 4.88 Å². The molecule has 98 valence electrons. The second kappa shape index (κ2) is 4.66. The van der Waals surface area contributed by atoms with Crippen molar-refractivity contribution < 1.29 is 4.42 Å². The van der Waals surface area contributed by atoms with Gasteiger partial charge in [-0.2, -0.15) is 0 Å². The highest BCUT2D eigenvalue weighted by molar-refractivity contribution is 7.18. The lowest BCUT2D eigenvalue weighted by Gasteiger charge is -2.12. The van der Waals surface area contributed by atoms with Crippen molar-refractivity contribution in [1.82, 2.24) is 9.97 Å². The van der Waals surface area contributed by atoms with Crippen LogP contribution in [0.25, 0.3) is 10.2 Å². The van der Waals surface area contributed by atoms with E-state index in [1.165, 1.54) is 4.88 Å². The van der Waals surface area contributed by atoms with Crippen LogP contribution in [0.2, 0.25) is 0 Å². The number of hydrogen-bond donors (Lipinski definition) is 1. The normalized spacial score (nSPS) is 12.8. The molecule has 0 aliphatic carbocycles. The summed E-state index contributed by atoms with van der Waals surface area (Å²) in [4.78, 5) is 10.9. The molecule has 0 amide bonds. The summed E-state index contributed by atoms with van der Waals surface area (Å²) in [5, 5.41) is 4.46. The zero-order valence-corrected chi connectivity index (χ0v) is 11.9. The highest BCUT2D eigenvalue weighted by atomic mass is 32.1. The van der Waals surface area contributed by atoms with Crippen LogP contribution in [0.15, 0.2) is 28.9 Å². The summed E-state index contributed by atoms with van der Waals surface area (Å²) >= 11 is 1.68. The molecule has 3 aromatic heterocycles. The Labute approximate surface area is 115 Å². The number of nitrogens with zero attached hydrogens (tertiary/aromatic N) is 2. The van der Waals surface area contributed by atoms with Gasteiger partial charge in [-0.3, -0.25) is 0 Å². The van der Waals surface area contributed by atoms with Gasteiger partial charge in [0.15, 0.2) is 0 Å². The van der Waals surface area contributed by atoms with E-state index in [0.29, 0.717) is 0 Å². The maximum absolute atomic E-state index is 5.63. The van der Waals surface area contributed by atoms with E-state index < -0.39 is 0 Å². The maximum Gasteiger partial charge on any atom is 0.138 e. The van der Waals surface area contributed by atoms with Crippen LogP contribution in [-0.2, 0) is 0 Å². The Morgan fingerprint density at radius 3 is 2.84 bits per heavy atom. The minimum absolute atomic E-state index is 0.0759. The largest absolute Gasteiger partial charge is 0.464 e. The van der Waals surface area contributed by atoms with Gasteiger partial charge in [0.2, 0.25) is 0 Å². The highest BCUT2D eigenvalue weighted by Crippen LogP contribution is 2.29. The van der Waals surface area contributed by atoms with Crippen molar-refractivity contribution in [1.29, 1.82) is 0 Å². The zero-order chi connectivity index (χ0) is 13.4. The molecule has 0 aliphatic rings. The number of fused-ring (bicyclic) bond motifs is 1. The quantitative estimate of drug-likeness (QED) is 0.781. The molecule has 19 heavy (non-hydrogen) atoms. The minimum Gasteiger partial charge on any atom is -0.464 e. The number of thiophene rings is 1. The first kappa shape index (κ1) is 12.2. The third-order valence-electron chi connectivity index (χ3n) is 2.99. The monoisotopic (exact) mass is 273 g/mol.